The molecule has 0 saturated heterocycles. The van der Waals surface area contributed by atoms with Gasteiger partial charge >= 0.3 is 0 Å². The molecule has 0 fully saturated rings. The van der Waals surface area contributed by atoms with Crippen LogP contribution in [0.4, 0.5) is 11.4 Å². The highest BCUT2D eigenvalue weighted by Crippen LogP contribution is 2.23. The Bertz CT molecular complexity index is 857. The van der Waals surface area contributed by atoms with E-state index < -0.39 is 25.3 Å². The minimum atomic E-state index is -4.06. The normalized spacial score (nSPS) is 11.1. The number of aromatic amines is 1. The average Bonchev–Trinajstić information content (AvgIpc) is 2.41. The number of aromatic nitrogens is 1. The van der Waals surface area contributed by atoms with Crippen molar-refractivity contribution < 1.29 is 13.3 Å². The van der Waals surface area contributed by atoms with Crippen LogP contribution in [0.5, 0.6) is 0 Å². The number of pyridine rings is 1. The van der Waals surface area contributed by atoms with E-state index in [2.05, 4.69) is 9.71 Å². The van der Waals surface area contributed by atoms with Crippen molar-refractivity contribution in [1.29, 1.82) is 0 Å². The molecule has 21 heavy (non-hydrogen) atoms. The van der Waals surface area contributed by atoms with Gasteiger partial charge in [-0.3, -0.25) is 19.6 Å². The Kier molecular flexibility index (Phi) is 3.76. The van der Waals surface area contributed by atoms with Crippen LogP contribution < -0.4 is 10.2 Å². The monoisotopic (exact) mass is 309 g/mol. The van der Waals surface area contributed by atoms with E-state index in [9.17, 15) is 23.3 Å². The zero-order valence-corrected chi connectivity index (χ0v) is 11.7. The zero-order chi connectivity index (χ0) is 15.6. The SMILES string of the molecule is Cc1cc([N+](=O)[O-])ccc1NS(=O)(=O)c1c[nH]ccc1=O. The van der Waals surface area contributed by atoms with Crippen LogP contribution >= 0.6 is 0 Å². The van der Waals surface area contributed by atoms with E-state index in [4.69, 9.17) is 0 Å². The van der Waals surface area contributed by atoms with Crippen molar-refractivity contribution in [2.75, 3.05) is 4.72 Å². The van der Waals surface area contributed by atoms with Gasteiger partial charge in [0.05, 0.1) is 10.6 Å². The lowest BCUT2D eigenvalue weighted by atomic mass is 10.2. The quantitative estimate of drug-likeness (QED) is 0.652. The van der Waals surface area contributed by atoms with Crippen LogP contribution in [0.25, 0.3) is 0 Å². The van der Waals surface area contributed by atoms with E-state index in [1.165, 1.54) is 31.3 Å². The molecule has 1 heterocycles. The van der Waals surface area contributed by atoms with Crippen LogP contribution in [0.15, 0.2) is 46.3 Å². The van der Waals surface area contributed by atoms with Gasteiger partial charge in [-0.2, -0.15) is 0 Å². The summed E-state index contributed by atoms with van der Waals surface area (Å²) in [5.74, 6) is 0. The summed E-state index contributed by atoms with van der Waals surface area (Å²) >= 11 is 0. The van der Waals surface area contributed by atoms with Gasteiger partial charge in [-0.1, -0.05) is 0 Å². The van der Waals surface area contributed by atoms with Gasteiger partial charge in [0.1, 0.15) is 0 Å². The van der Waals surface area contributed by atoms with Crippen LogP contribution in [0.3, 0.4) is 0 Å². The van der Waals surface area contributed by atoms with Gasteiger partial charge in [-0.25, -0.2) is 8.42 Å². The van der Waals surface area contributed by atoms with Crippen molar-refractivity contribution in [3.05, 3.63) is 62.6 Å². The minimum Gasteiger partial charge on any atom is -0.366 e. The van der Waals surface area contributed by atoms with E-state index in [0.29, 0.717) is 5.56 Å². The third kappa shape index (κ3) is 3.08. The standard InChI is InChI=1S/C12H11N3O5S/c1-8-6-9(15(17)18)2-3-10(8)14-21(19,20)12-7-13-5-4-11(12)16/h2-7,14H,1H3,(H,13,16). The summed E-state index contributed by atoms with van der Waals surface area (Å²) < 4.78 is 26.5. The fraction of sp³-hybridized carbons (Fsp3) is 0.0833. The van der Waals surface area contributed by atoms with Crippen LogP contribution in [0, 0.1) is 17.0 Å². The molecule has 0 unspecified atom stereocenters. The molecule has 110 valence electrons. The molecule has 0 spiro atoms. The molecule has 0 amide bonds. The van der Waals surface area contributed by atoms with Gasteiger partial charge in [-0.05, 0) is 18.6 Å². The first-order valence-electron chi connectivity index (χ1n) is 5.76. The Morgan fingerprint density at radius 1 is 1.29 bits per heavy atom. The molecule has 9 heteroatoms. The molecule has 0 aliphatic heterocycles. The third-order valence-corrected chi connectivity index (χ3v) is 4.13. The topological polar surface area (TPSA) is 122 Å². The lowest BCUT2D eigenvalue weighted by Crippen LogP contribution is -2.21. The van der Waals surface area contributed by atoms with E-state index in [1.54, 1.807) is 0 Å². The molecule has 2 aromatic rings. The highest BCUT2D eigenvalue weighted by molar-refractivity contribution is 7.92. The van der Waals surface area contributed by atoms with Crippen molar-refractivity contribution in [3.8, 4) is 0 Å². The highest BCUT2D eigenvalue weighted by atomic mass is 32.2. The third-order valence-electron chi connectivity index (χ3n) is 2.74. The predicted molar refractivity (Wildman–Crippen MR) is 75.7 cm³/mol. The van der Waals surface area contributed by atoms with Crippen LogP contribution in [-0.2, 0) is 10.0 Å². The molecule has 0 aliphatic rings. The molecule has 0 atom stereocenters. The predicted octanol–water partition coefficient (Wildman–Crippen LogP) is 1.39. The number of nitro groups is 1. The Balaban J connectivity index is 2.40. The average molecular weight is 309 g/mol. The summed E-state index contributed by atoms with van der Waals surface area (Å²) in [6, 6.07) is 4.80. The number of sulfonamides is 1. The molecule has 1 aromatic heterocycles. The Morgan fingerprint density at radius 2 is 2.00 bits per heavy atom. The number of non-ortho nitro benzene ring substituents is 1. The first-order chi connectivity index (χ1) is 9.81. The summed E-state index contributed by atoms with van der Waals surface area (Å²) in [7, 11) is -4.06. The molecule has 8 nitrogen and oxygen atoms in total. The summed E-state index contributed by atoms with van der Waals surface area (Å²) in [6.07, 6.45) is 2.39. The van der Waals surface area contributed by atoms with Crippen LogP contribution in [-0.4, -0.2) is 18.3 Å². The number of aryl methyl sites for hydroxylation is 1. The second kappa shape index (κ2) is 5.37. The number of nitro benzene ring substituents is 1. The van der Waals surface area contributed by atoms with Crippen molar-refractivity contribution >= 4 is 21.4 Å². The number of H-pyrrole nitrogens is 1. The fourth-order valence-corrected chi connectivity index (χ4v) is 2.87. The second-order valence-electron chi connectivity index (χ2n) is 4.23. The van der Waals surface area contributed by atoms with Crippen LogP contribution in [0.2, 0.25) is 0 Å². The van der Waals surface area contributed by atoms with Gasteiger partial charge in [0.15, 0.2) is 4.90 Å². The lowest BCUT2D eigenvalue weighted by molar-refractivity contribution is -0.384. The molecule has 1 aromatic carbocycles. The molecule has 0 saturated carbocycles. The van der Waals surface area contributed by atoms with Crippen molar-refractivity contribution in [3.63, 3.8) is 0 Å². The number of hydrogen-bond donors (Lipinski definition) is 2. The number of anilines is 1. The van der Waals surface area contributed by atoms with E-state index >= 15 is 0 Å². The summed E-state index contributed by atoms with van der Waals surface area (Å²) in [5.41, 5.74) is -0.252. The number of rotatable bonds is 4. The van der Waals surface area contributed by atoms with Crippen molar-refractivity contribution in [2.24, 2.45) is 0 Å². The number of hydrogen-bond acceptors (Lipinski definition) is 5. The summed E-state index contributed by atoms with van der Waals surface area (Å²) in [5, 5.41) is 10.6. The maximum atomic E-state index is 12.1. The van der Waals surface area contributed by atoms with E-state index in [0.717, 1.165) is 12.3 Å². The van der Waals surface area contributed by atoms with Crippen molar-refractivity contribution in [1.82, 2.24) is 4.98 Å². The van der Waals surface area contributed by atoms with Gasteiger partial charge in [0.2, 0.25) is 5.43 Å². The van der Waals surface area contributed by atoms with Gasteiger partial charge in [-0.15, -0.1) is 0 Å². The molecular formula is C12H11N3O5S. The number of nitrogens with one attached hydrogen (secondary N) is 2. The smallest absolute Gasteiger partial charge is 0.269 e. The summed E-state index contributed by atoms with van der Waals surface area (Å²) in [6.45, 7) is 1.53. The van der Waals surface area contributed by atoms with Crippen LogP contribution in [0.1, 0.15) is 5.56 Å². The van der Waals surface area contributed by atoms with Crippen molar-refractivity contribution in [2.45, 2.75) is 11.8 Å². The number of nitrogens with zero attached hydrogens (tertiary/aromatic N) is 1. The second-order valence-corrected chi connectivity index (χ2v) is 5.89. The Morgan fingerprint density at radius 3 is 2.57 bits per heavy atom. The lowest BCUT2D eigenvalue weighted by Gasteiger charge is -2.09. The minimum absolute atomic E-state index is 0.145. The number of benzene rings is 1. The Hall–Kier alpha value is -2.68. The van der Waals surface area contributed by atoms with E-state index in [1.807, 2.05) is 0 Å². The Labute approximate surface area is 119 Å². The van der Waals surface area contributed by atoms with Gasteiger partial charge < -0.3 is 4.98 Å². The molecule has 0 aliphatic carbocycles. The van der Waals surface area contributed by atoms with Gasteiger partial charge in [0.25, 0.3) is 15.7 Å². The maximum Gasteiger partial charge on any atom is 0.269 e. The molecule has 0 radical (unpaired) electrons. The molecule has 2 rings (SSSR count). The summed E-state index contributed by atoms with van der Waals surface area (Å²) in [4.78, 5) is 23.7. The highest BCUT2D eigenvalue weighted by Gasteiger charge is 2.19. The first kappa shape index (κ1) is 14.7. The molecular weight excluding hydrogens is 298 g/mol. The van der Waals surface area contributed by atoms with E-state index in [-0.39, 0.29) is 11.4 Å². The first-order valence-corrected chi connectivity index (χ1v) is 7.24. The molecule has 2 N–H and O–H groups in total. The largest absolute Gasteiger partial charge is 0.366 e. The maximum absolute atomic E-state index is 12.1. The van der Waals surface area contributed by atoms with Gasteiger partial charge in [0, 0.05) is 30.6 Å². The molecule has 0 bridgehead atoms. The fourth-order valence-electron chi connectivity index (χ4n) is 1.69. The zero-order valence-electron chi connectivity index (χ0n) is 10.9.